The number of aromatic nitrogens is 2. The molecule has 3 heterocycles. The number of nitro benzene ring substituents is 1. The highest BCUT2D eigenvalue weighted by Crippen LogP contribution is 2.37. The fourth-order valence-electron chi connectivity index (χ4n) is 6.45. The number of rotatable bonds is 9. The Morgan fingerprint density at radius 3 is 2.17 bits per heavy atom. The zero-order valence-corrected chi connectivity index (χ0v) is 30.5. The lowest BCUT2D eigenvalue weighted by Gasteiger charge is -2.25. The molecule has 4 aromatic carbocycles. The van der Waals surface area contributed by atoms with Gasteiger partial charge in [0.25, 0.3) is 11.2 Å². The van der Waals surface area contributed by atoms with Gasteiger partial charge in [-0.05, 0) is 80.1 Å². The Hall–Kier alpha value is -5.78. The minimum atomic E-state index is -0.737. The van der Waals surface area contributed by atoms with Crippen LogP contribution in [0.3, 0.4) is 0 Å². The summed E-state index contributed by atoms with van der Waals surface area (Å²) in [7, 11) is 0. The van der Waals surface area contributed by atoms with Crippen molar-refractivity contribution in [3.05, 3.63) is 167 Å². The molecule has 6 aromatic rings. The minimum absolute atomic E-state index is 0.00987. The van der Waals surface area contributed by atoms with Gasteiger partial charge in [0.2, 0.25) is 0 Å². The van der Waals surface area contributed by atoms with Crippen molar-refractivity contribution in [2.75, 3.05) is 6.26 Å². The summed E-state index contributed by atoms with van der Waals surface area (Å²) >= 11 is 2.87. The molecule has 1 aliphatic heterocycles. The molecule has 0 amide bonds. The van der Waals surface area contributed by atoms with E-state index in [1.54, 1.807) is 49.2 Å². The van der Waals surface area contributed by atoms with Crippen molar-refractivity contribution >= 4 is 40.8 Å². The molecular formula is C41H34N4O5S2. The first-order valence-electron chi connectivity index (χ1n) is 16.6. The van der Waals surface area contributed by atoms with Gasteiger partial charge in [0.15, 0.2) is 4.80 Å². The Morgan fingerprint density at radius 2 is 1.58 bits per heavy atom. The number of carbonyl (C=O) groups excluding carboxylic acids is 1. The lowest BCUT2D eigenvalue weighted by molar-refractivity contribution is -0.384. The molecular weight excluding hydrogens is 693 g/mol. The van der Waals surface area contributed by atoms with Crippen LogP contribution in [0.25, 0.3) is 34.3 Å². The Labute approximate surface area is 308 Å². The molecule has 0 spiro atoms. The summed E-state index contributed by atoms with van der Waals surface area (Å²) in [6, 6.07) is 35.3. The summed E-state index contributed by atoms with van der Waals surface area (Å²) in [5.74, 6) is -0.511. The Bertz CT molecular complexity index is 2520. The van der Waals surface area contributed by atoms with Crippen LogP contribution in [-0.2, 0) is 9.53 Å². The van der Waals surface area contributed by atoms with Crippen LogP contribution >= 0.6 is 23.1 Å². The van der Waals surface area contributed by atoms with Gasteiger partial charge < -0.3 is 9.30 Å². The van der Waals surface area contributed by atoms with Gasteiger partial charge >= 0.3 is 5.97 Å². The molecule has 0 saturated heterocycles. The van der Waals surface area contributed by atoms with Gasteiger partial charge in [-0.1, -0.05) is 84.1 Å². The number of benzene rings is 4. The van der Waals surface area contributed by atoms with Crippen molar-refractivity contribution in [1.29, 1.82) is 0 Å². The summed E-state index contributed by atoms with van der Waals surface area (Å²) in [5, 5.41) is 11.5. The Kier molecular flexibility index (Phi) is 9.63. The van der Waals surface area contributed by atoms with E-state index in [0.29, 0.717) is 20.6 Å². The largest absolute Gasteiger partial charge is 0.459 e. The predicted octanol–water partition coefficient (Wildman–Crippen LogP) is 7.94. The molecule has 11 heteroatoms. The fourth-order valence-corrected chi connectivity index (χ4v) is 7.89. The smallest absolute Gasteiger partial charge is 0.338 e. The van der Waals surface area contributed by atoms with E-state index >= 15 is 0 Å². The SMILES string of the molecule is CSc1ccc([C@@H]2C(C(=O)OC(C)C)=C(C)N=c3s/c(=C\c4cc(-c5ccccc5)n(-c5ccc([N+](=O)[O-])cc5)c4-c4ccccc4)c(=O)n32)cc1. The maximum Gasteiger partial charge on any atom is 0.338 e. The maximum absolute atomic E-state index is 14.6. The standard InChI is InChI=1S/C41H34N4O5S2/c1-25(2)50-40(47)36-26(3)42-41-44(38(36)29-15-21-33(51-4)22-16-29)39(46)35(52-41)24-30-23-34(27-11-7-5-8-12-27)43(37(30)28-13-9-6-10-14-28)31-17-19-32(20-18-31)45(48)49/h5-25,38H,1-4H3/b35-24-/t38-/m1/s1. The molecule has 0 N–H and O–H groups in total. The summed E-state index contributed by atoms with van der Waals surface area (Å²) in [6.45, 7) is 5.37. The Morgan fingerprint density at radius 1 is 0.942 bits per heavy atom. The van der Waals surface area contributed by atoms with Crippen molar-refractivity contribution in [2.24, 2.45) is 4.99 Å². The van der Waals surface area contributed by atoms with Gasteiger partial charge in [0.05, 0.1) is 44.3 Å². The zero-order chi connectivity index (χ0) is 36.5. The molecule has 0 saturated carbocycles. The molecule has 7 rings (SSSR count). The maximum atomic E-state index is 14.6. The van der Waals surface area contributed by atoms with Gasteiger partial charge in [0.1, 0.15) is 0 Å². The van der Waals surface area contributed by atoms with Gasteiger partial charge in [-0.2, -0.15) is 0 Å². The van der Waals surface area contributed by atoms with Crippen LogP contribution in [0, 0.1) is 10.1 Å². The third kappa shape index (κ3) is 6.56. The van der Waals surface area contributed by atoms with Gasteiger partial charge in [-0.25, -0.2) is 9.79 Å². The molecule has 52 heavy (non-hydrogen) atoms. The predicted molar refractivity (Wildman–Crippen MR) is 207 cm³/mol. The monoisotopic (exact) mass is 726 g/mol. The number of allylic oxidation sites excluding steroid dienone is 1. The number of esters is 1. The summed E-state index contributed by atoms with van der Waals surface area (Å²) < 4.78 is 9.78. The van der Waals surface area contributed by atoms with Crippen molar-refractivity contribution in [3.8, 4) is 28.2 Å². The quantitative estimate of drug-likeness (QED) is 0.0648. The zero-order valence-electron chi connectivity index (χ0n) is 28.8. The number of nitrogens with zero attached hydrogens (tertiary/aromatic N) is 4. The van der Waals surface area contributed by atoms with Gasteiger partial charge in [0, 0.05) is 28.3 Å². The molecule has 0 unspecified atom stereocenters. The highest BCUT2D eigenvalue weighted by Gasteiger charge is 2.34. The lowest BCUT2D eigenvalue weighted by atomic mass is 9.96. The second-order valence-electron chi connectivity index (χ2n) is 12.5. The third-order valence-electron chi connectivity index (χ3n) is 8.77. The third-order valence-corrected chi connectivity index (χ3v) is 10.5. The highest BCUT2D eigenvalue weighted by atomic mass is 32.2. The summed E-state index contributed by atoms with van der Waals surface area (Å²) in [5.41, 5.74) is 6.26. The number of thiazole rings is 1. The van der Waals surface area contributed by atoms with E-state index < -0.39 is 16.9 Å². The number of nitro groups is 1. The van der Waals surface area contributed by atoms with Crippen molar-refractivity contribution in [1.82, 2.24) is 9.13 Å². The molecule has 2 aromatic heterocycles. The first-order chi connectivity index (χ1) is 25.1. The lowest BCUT2D eigenvalue weighted by Crippen LogP contribution is -2.40. The van der Waals surface area contributed by atoms with Crippen molar-refractivity contribution < 1.29 is 14.5 Å². The second-order valence-corrected chi connectivity index (χ2v) is 14.4. The molecule has 260 valence electrons. The molecule has 1 atom stereocenters. The topological polar surface area (TPSA) is 109 Å². The van der Waals surface area contributed by atoms with Crippen LogP contribution in [0.5, 0.6) is 0 Å². The second kappa shape index (κ2) is 14.5. The molecule has 9 nitrogen and oxygen atoms in total. The number of ether oxygens (including phenoxy) is 1. The molecule has 0 bridgehead atoms. The summed E-state index contributed by atoms with van der Waals surface area (Å²) in [4.78, 5) is 45.7. The first kappa shape index (κ1) is 34.7. The van der Waals surface area contributed by atoms with E-state index in [1.807, 2.05) is 103 Å². The van der Waals surface area contributed by atoms with Crippen molar-refractivity contribution in [2.45, 2.75) is 37.8 Å². The molecule has 1 aliphatic rings. The van der Waals surface area contributed by atoms with Crippen LogP contribution in [0.1, 0.15) is 37.9 Å². The van der Waals surface area contributed by atoms with Crippen molar-refractivity contribution in [3.63, 3.8) is 0 Å². The van der Waals surface area contributed by atoms with E-state index in [2.05, 4.69) is 4.57 Å². The van der Waals surface area contributed by atoms with Crippen LogP contribution in [-0.4, -0.2) is 32.4 Å². The number of hydrogen-bond donors (Lipinski definition) is 0. The first-order valence-corrected chi connectivity index (χ1v) is 18.7. The van der Waals surface area contributed by atoms with E-state index in [4.69, 9.17) is 9.73 Å². The van der Waals surface area contributed by atoms with Gasteiger partial charge in [-0.3, -0.25) is 19.5 Å². The highest BCUT2D eigenvalue weighted by molar-refractivity contribution is 7.98. The number of non-ortho nitro benzene ring substituents is 1. The normalized spacial score (nSPS) is 14.3. The van der Waals surface area contributed by atoms with E-state index in [1.165, 1.54) is 23.5 Å². The molecule has 0 radical (unpaired) electrons. The minimum Gasteiger partial charge on any atom is -0.459 e. The fraction of sp³-hybridized carbons (Fsp3) is 0.146. The van der Waals surface area contributed by atoms with E-state index in [-0.39, 0.29) is 17.4 Å². The number of hydrogen-bond acceptors (Lipinski definition) is 8. The van der Waals surface area contributed by atoms with Crippen LogP contribution < -0.4 is 14.9 Å². The number of thioether (sulfide) groups is 1. The summed E-state index contributed by atoms with van der Waals surface area (Å²) in [6.07, 6.45) is 3.52. The molecule has 0 fully saturated rings. The van der Waals surface area contributed by atoms with Crippen LogP contribution in [0.15, 0.2) is 141 Å². The average Bonchev–Trinajstić information content (AvgIpc) is 3.68. The molecule has 0 aliphatic carbocycles. The van der Waals surface area contributed by atoms with E-state index in [9.17, 15) is 19.7 Å². The van der Waals surface area contributed by atoms with Gasteiger partial charge in [-0.15, -0.1) is 11.8 Å². The van der Waals surface area contributed by atoms with Crippen LogP contribution in [0.2, 0.25) is 0 Å². The number of carbonyl (C=O) groups is 1. The van der Waals surface area contributed by atoms with Crippen LogP contribution in [0.4, 0.5) is 5.69 Å². The average molecular weight is 727 g/mol. The number of fused-ring (bicyclic) bond motifs is 1. The van der Waals surface area contributed by atoms with E-state index in [0.717, 1.165) is 44.2 Å². The Balaban J connectivity index is 1.49.